The summed E-state index contributed by atoms with van der Waals surface area (Å²) in [5.41, 5.74) is 0.709. The number of hydrogen-bond donors (Lipinski definition) is 2. The number of nitrogens with one attached hydrogen (secondary N) is 2. The Morgan fingerprint density at radius 2 is 2.44 bits per heavy atom. The molecule has 0 aliphatic carbocycles. The van der Waals surface area contributed by atoms with Crippen molar-refractivity contribution in [3.05, 3.63) is 24.3 Å². The van der Waals surface area contributed by atoms with E-state index in [1.165, 1.54) is 0 Å². The minimum absolute atomic E-state index is 0.583. The van der Waals surface area contributed by atoms with Gasteiger partial charge in [0.25, 0.3) is 0 Å². The molecule has 0 aromatic carbocycles. The summed E-state index contributed by atoms with van der Waals surface area (Å²) in [6.07, 6.45) is 8.43. The first kappa shape index (κ1) is 13.1. The van der Waals surface area contributed by atoms with E-state index in [-0.39, 0.29) is 0 Å². The minimum Gasteiger partial charge on any atom is -0.316 e. The zero-order chi connectivity index (χ0) is 11.8. The van der Waals surface area contributed by atoms with Crippen LogP contribution in [0.5, 0.6) is 0 Å². The van der Waals surface area contributed by atoms with E-state index in [9.17, 15) is 0 Å². The molecule has 0 aromatic heterocycles. The van der Waals surface area contributed by atoms with Crippen molar-refractivity contribution in [2.24, 2.45) is 5.92 Å². The number of nitrogens with zero attached hydrogens (tertiary/aromatic N) is 1. The quantitative estimate of drug-likeness (QED) is 0.670. The van der Waals surface area contributed by atoms with Crippen LogP contribution in [0, 0.1) is 11.3 Å². The molecule has 1 rings (SSSR count). The van der Waals surface area contributed by atoms with E-state index < -0.39 is 0 Å². The molecule has 0 radical (unpaired) electrons. The summed E-state index contributed by atoms with van der Waals surface area (Å²) in [6, 6.07) is 0. The maximum absolute atomic E-state index is 7.57. The van der Waals surface area contributed by atoms with E-state index in [1.807, 2.05) is 6.08 Å². The average Bonchev–Trinajstić information content (AvgIpc) is 2.26. The van der Waals surface area contributed by atoms with Gasteiger partial charge in [-0.25, -0.2) is 0 Å². The van der Waals surface area contributed by atoms with Crippen LogP contribution in [-0.2, 0) is 0 Å². The van der Waals surface area contributed by atoms with Crippen LogP contribution in [0.2, 0.25) is 0 Å². The highest BCUT2D eigenvalue weighted by Gasteiger charge is 2.07. The molecule has 0 saturated carbocycles. The first-order valence-electron chi connectivity index (χ1n) is 6.06. The van der Waals surface area contributed by atoms with Crippen LogP contribution in [0.15, 0.2) is 24.3 Å². The summed E-state index contributed by atoms with van der Waals surface area (Å²) >= 11 is 0. The molecule has 0 saturated heterocycles. The van der Waals surface area contributed by atoms with Crippen LogP contribution in [0.1, 0.15) is 13.8 Å². The van der Waals surface area contributed by atoms with E-state index in [0.717, 1.165) is 32.7 Å². The van der Waals surface area contributed by atoms with Gasteiger partial charge in [-0.2, -0.15) is 0 Å². The first-order valence-corrected chi connectivity index (χ1v) is 6.06. The van der Waals surface area contributed by atoms with Crippen molar-refractivity contribution in [2.75, 3.05) is 32.7 Å². The van der Waals surface area contributed by atoms with Gasteiger partial charge in [0.1, 0.15) is 0 Å². The number of rotatable bonds is 6. The fraction of sp³-hybridized carbons (Fsp3) is 0.615. The number of hydrogen-bond acceptors (Lipinski definition) is 3. The van der Waals surface area contributed by atoms with Crippen LogP contribution in [0.3, 0.4) is 0 Å². The van der Waals surface area contributed by atoms with Crippen molar-refractivity contribution in [2.45, 2.75) is 13.8 Å². The predicted octanol–water partition coefficient (Wildman–Crippen LogP) is 1.68. The van der Waals surface area contributed by atoms with Gasteiger partial charge >= 0.3 is 0 Å². The van der Waals surface area contributed by atoms with E-state index >= 15 is 0 Å². The fourth-order valence-electron chi connectivity index (χ4n) is 1.72. The van der Waals surface area contributed by atoms with Gasteiger partial charge in [0, 0.05) is 31.9 Å². The average molecular weight is 221 g/mol. The van der Waals surface area contributed by atoms with Gasteiger partial charge in [-0.05, 0) is 18.5 Å². The van der Waals surface area contributed by atoms with E-state index in [2.05, 4.69) is 42.3 Å². The Labute approximate surface area is 98.7 Å². The summed E-state index contributed by atoms with van der Waals surface area (Å²) in [5, 5.41) is 10.9. The smallest absolute Gasteiger partial charge is 0.0451 e. The Bertz CT molecular complexity index is 268. The van der Waals surface area contributed by atoms with Gasteiger partial charge in [-0.15, -0.1) is 0 Å². The highest BCUT2D eigenvalue weighted by atomic mass is 15.1. The van der Waals surface area contributed by atoms with Gasteiger partial charge in [0.05, 0.1) is 0 Å². The molecule has 1 aliphatic rings. The molecule has 2 N–H and O–H groups in total. The molecule has 0 aromatic rings. The molecule has 1 heterocycles. The van der Waals surface area contributed by atoms with E-state index in [1.54, 1.807) is 0 Å². The van der Waals surface area contributed by atoms with Crippen LogP contribution in [0.25, 0.3) is 0 Å². The maximum Gasteiger partial charge on any atom is 0.0451 e. The second-order valence-corrected chi connectivity index (χ2v) is 4.33. The fourth-order valence-corrected chi connectivity index (χ4v) is 1.72. The molecule has 3 heteroatoms. The molecular formula is C13H23N3. The van der Waals surface area contributed by atoms with Crippen LogP contribution < -0.4 is 5.32 Å². The van der Waals surface area contributed by atoms with Crippen molar-refractivity contribution >= 4 is 5.71 Å². The highest BCUT2D eigenvalue weighted by molar-refractivity contribution is 5.94. The Kier molecular flexibility index (Phi) is 6.04. The Morgan fingerprint density at radius 3 is 3.12 bits per heavy atom. The van der Waals surface area contributed by atoms with Crippen molar-refractivity contribution in [3.8, 4) is 0 Å². The second-order valence-electron chi connectivity index (χ2n) is 4.33. The van der Waals surface area contributed by atoms with Crippen LogP contribution in [0.4, 0.5) is 0 Å². The van der Waals surface area contributed by atoms with Crippen molar-refractivity contribution in [1.82, 2.24) is 10.2 Å². The van der Waals surface area contributed by atoms with Gasteiger partial charge in [0.15, 0.2) is 0 Å². The Balaban J connectivity index is 2.20. The normalized spacial score (nSPS) is 19.5. The standard InChI is InChI=1S/C13H23N3/c1-3-15-10-12(2)6-4-8-16-9-5-7-13(14)11-16/h4-7,12,14-15H,3,8-11H2,1-2H3/b6-4+,14-13?. The monoisotopic (exact) mass is 221 g/mol. The second kappa shape index (κ2) is 7.36. The molecular weight excluding hydrogens is 198 g/mol. The summed E-state index contributed by atoms with van der Waals surface area (Å²) in [5.74, 6) is 0.583. The Morgan fingerprint density at radius 1 is 1.62 bits per heavy atom. The third kappa shape index (κ3) is 5.24. The molecule has 0 fully saturated rings. The van der Waals surface area contributed by atoms with Gasteiger partial charge in [-0.1, -0.05) is 32.1 Å². The first-order chi connectivity index (χ1) is 7.72. The molecule has 1 atom stereocenters. The molecule has 1 aliphatic heterocycles. The molecule has 90 valence electrons. The lowest BCUT2D eigenvalue weighted by molar-refractivity contribution is 0.377. The lowest BCUT2D eigenvalue weighted by Gasteiger charge is -2.21. The third-order valence-corrected chi connectivity index (χ3v) is 2.62. The Hall–Kier alpha value is -0.930. The van der Waals surface area contributed by atoms with Crippen LogP contribution in [-0.4, -0.2) is 43.3 Å². The topological polar surface area (TPSA) is 39.1 Å². The lowest BCUT2D eigenvalue weighted by atomic mass is 10.1. The zero-order valence-corrected chi connectivity index (χ0v) is 10.4. The van der Waals surface area contributed by atoms with Gasteiger partial charge in [0.2, 0.25) is 0 Å². The van der Waals surface area contributed by atoms with Crippen LogP contribution >= 0.6 is 0 Å². The predicted molar refractivity (Wildman–Crippen MR) is 70.2 cm³/mol. The lowest BCUT2D eigenvalue weighted by Crippen LogP contribution is -2.32. The minimum atomic E-state index is 0.583. The van der Waals surface area contributed by atoms with Crippen molar-refractivity contribution < 1.29 is 0 Å². The molecule has 0 spiro atoms. The zero-order valence-electron chi connectivity index (χ0n) is 10.4. The largest absolute Gasteiger partial charge is 0.316 e. The summed E-state index contributed by atoms with van der Waals surface area (Å²) in [6.45, 7) is 9.12. The van der Waals surface area contributed by atoms with E-state index in [4.69, 9.17) is 5.41 Å². The molecule has 1 unspecified atom stereocenters. The molecule has 0 amide bonds. The summed E-state index contributed by atoms with van der Waals surface area (Å²) in [4.78, 5) is 2.26. The summed E-state index contributed by atoms with van der Waals surface area (Å²) in [7, 11) is 0. The van der Waals surface area contributed by atoms with Gasteiger partial charge < -0.3 is 10.7 Å². The molecule has 3 nitrogen and oxygen atoms in total. The van der Waals surface area contributed by atoms with Gasteiger partial charge in [-0.3, -0.25) is 4.90 Å². The SMILES string of the molecule is CCNCC(C)/C=C/CN1CC=CC(=N)C1. The van der Waals surface area contributed by atoms with E-state index in [0.29, 0.717) is 11.6 Å². The van der Waals surface area contributed by atoms with Crippen molar-refractivity contribution in [3.63, 3.8) is 0 Å². The highest BCUT2D eigenvalue weighted by Crippen LogP contribution is 2.00. The summed E-state index contributed by atoms with van der Waals surface area (Å²) < 4.78 is 0. The third-order valence-electron chi connectivity index (χ3n) is 2.62. The van der Waals surface area contributed by atoms with Crippen molar-refractivity contribution in [1.29, 1.82) is 5.41 Å². The maximum atomic E-state index is 7.57. The molecule has 16 heavy (non-hydrogen) atoms. The molecule has 0 bridgehead atoms.